The second kappa shape index (κ2) is 7.47. The van der Waals surface area contributed by atoms with Crippen LogP contribution in [0.4, 0.5) is 10.5 Å². The molecular weight excluding hydrogens is 376 g/mol. The van der Waals surface area contributed by atoms with Crippen LogP contribution < -0.4 is 20.8 Å². The first-order valence-corrected chi connectivity index (χ1v) is 9.11. The third-order valence-corrected chi connectivity index (χ3v) is 4.74. The van der Waals surface area contributed by atoms with Crippen molar-refractivity contribution >= 4 is 35.0 Å². The third kappa shape index (κ3) is 3.77. The van der Waals surface area contributed by atoms with Crippen LogP contribution >= 0.6 is 12.2 Å². The maximum Gasteiger partial charge on any atom is 0.344 e. The Labute approximate surface area is 169 Å². The van der Waals surface area contributed by atoms with Gasteiger partial charge >= 0.3 is 6.03 Å². The lowest BCUT2D eigenvalue weighted by molar-refractivity contribution is -0.132. The number of hydrazine groups is 1. The number of rotatable bonds is 4. The highest BCUT2D eigenvalue weighted by atomic mass is 32.1. The number of methoxy groups -OCH3 is 1. The highest BCUT2D eigenvalue weighted by molar-refractivity contribution is 7.80. The van der Waals surface area contributed by atoms with Gasteiger partial charge in [0.25, 0.3) is 5.91 Å². The van der Waals surface area contributed by atoms with Crippen molar-refractivity contribution in [3.63, 3.8) is 0 Å². The van der Waals surface area contributed by atoms with Crippen LogP contribution in [0.3, 0.4) is 0 Å². The maximum atomic E-state index is 13.0. The number of hydrogen-bond acceptors (Lipinski definition) is 4. The van der Waals surface area contributed by atoms with Gasteiger partial charge < -0.3 is 15.4 Å². The van der Waals surface area contributed by atoms with E-state index in [0.29, 0.717) is 11.3 Å². The summed E-state index contributed by atoms with van der Waals surface area (Å²) in [6, 6.07) is 12.3. The molecule has 7 nitrogen and oxygen atoms in total. The predicted octanol–water partition coefficient (Wildman–Crippen LogP) is 2.98. The third-order valence-electron chi connectivity index (χ3n) is 4.55. The first-order valence-electron chi connectivity index (χ1n) is 8.70. The summed E-state index contributed by atoms with van der Waals surface area (Å²) >= 11 is 5.28. The average molecular weight is 398 g/mol. The van der Waals surface area contributed by atoms with E-state index in [9.17, 15) is 9.59 Å². The molecule has 1 fully saturated rings. The van der Waals surface area contributed by atoms with Gasteiger partial charge in [0.2, 0.25) is 0 Å². The SMILES string of the molecule is COc1ccc([C@@]2(C)NC(=O)N(NC(=S)Nc3cc(C)cc(C)c3)C2=O)cc1. The summed E-state index contributed by atoms with van der Waals surface area (Å²) in [5, 5.41) is 6.76. The Hall–Kier alpha value is -3.13. The van der Waals surface area contributed by atoms with Gasteiger partial charge in [-0.3, -0.25) is 10.2 Å². The molecule has 1 aliphatic rings. The van der Waals surface area contributed by atoms with E-state index >= 15 is 0 Å². The molecule has 2 aromatic rings. The van der Waals surface area contributed by atoms with E-state index in [1.165, 1.54) is 0 Å². The Balaban J connectivity index is 1.74. The minimum Gasteiger partial charge on any atom is -0.497 e. The number of urea groups is 1. The van der Waals surface area contributed by atoms with Crippen LogP contribution in [-0.2, 0) is 10.3 Å². The van der Waals surface area contributed by atoms with Crippen LogP contribution in [0.1, 0.15) is 23.6 Å². The van der Waals surface area contributed by atoms with Gasteiger partial charge in [0.15, 0.2) is 5.11 Å². The van der Waals surface area contributed by atoms with Crippen molar-refractivity contribution in [2.75, 3.05) is 12.4 Å². The molecule has 0 saturated carbocycles. The fraction of sp³-hybridized carbons (Fsp3) is 0.250. The van der Waals surface area contributed by atoms with E-state index < -0.39 is 17.5 Å². The lowest BCUT2D eigenvalue weighted by Crippen LogP contribution is -2.49. The van der Waals surface area contributed by atoms with Crippen molar-refractivity contribution in [3.05, 3.63) is 59.2 Å². The average Bonchev–Trinajstić information content (AvgIpc) is 2.85. The normalized spacial score (nSPS) is 18.6. The molecule has 1 saturated heterocycles. The number of nitrogens with zero attached hydrogens (tertiary/aromatic N) is 1. The van der Waals surface area contributed by atoms with Gasteiger partial charge in [0.1, 0.15) is 11.3 Å². The van der Waals surface area contributed by atoms with Crippen LogP contribution in [0.2, 0.25) is 0 Å². The quantitative estimate of drug-likeness (QED) is 0.543. The second-order valence-electron chi connectivity index (χ2n) is 6.87. The van der Waals surface area contributed by atoms with Crippen LogP contribution in [0, 0.1) is 13.8 Å². The van der Waals surface area contributed by atoms with Gasteiger partial charge in [-0.05, 0) is 73.9 Å². The van der Waals surface area contributed by atoms with Crippen LogP contribution in [-0.4, -0.2) is 29.2 Å². The van der Waals surface area contributed by atoms with Crippen molar-refractivity contribution < 1.29 is 14.3 Å². The maximum absolute atomic E-state index is 13.0. The Kier molecular flexibility index (Phi) is 5.24. The number of carbonyl (C=O) groups excluding carboxylic acids is 2. The summed E-state index contributed by atoms with van der Waals surface area (Å²) in [4.78, 5) is 25.4. The van der Waals surface area contributed by atoms with E-state index in [4.69, 9.17) is 17.0 Å². The standard InChI is InChI=1S/C20H22N4O3S/c1-12-9-13(2)11-15(10-12)21-18(28)23-24-17(25)20(3,22-19(24)26)14-5-7-16(27-4)8-6-14/h5-11H,1-4H3,(H,22,26)(H2,21,23,28)/t20-/m1/s1. The fourth-order valence-electron chi connectivity index (χ4n) is 3.17. The topological polar surface area (TPSA) is 82.7 Å². The number of thiocarbonyl (C=S) groups is 1. The number of hydrogen-bond donors (Lipinski definition) is 3. The zero-order valence-electron chi connectivity index (χ0n) is 16.1. The van der Waals surface area contributed by atoms with E-state index in [2.05, 4.69) is 16.1 Å². The van der Waals surface area contributed by atoms with Gasteiger partial charge in [-0.1, -0.05) is 18.2 Å². The molecule has 0 bridgehead atoms. The number of amides is 3. The number of benzene rings is 2. The minimum atomic E-state index is -1.20. The lowest BCUT2D eigenvalue weighted by Gasteiger charge is -2.23. The first-order chi connectivity index (χ1) is 13.2. The zero-order chi connectivity index (χ0) is 20.5. The molecule has 0 radical (unpaired) electrons. The molecule has 0 aromatic heterocycles. The number of nitrogens with one attached hydrogen (secondary N) is 3. The number of ether oxygens (including phenoxy) is 1. The van der Waals surface area contributed by atoms with Crippen LogP contribution in [0.25, 0.3) is 0 Å². The number of aryl methyl sites for hydroxylation is 2. The van der Waals surface area contributed by atoms with Gasteiger partial charge in [-0.15, -0.1) is 0 Å². The highest BCUT2D eigenvalue weighted by Gasteiger charge is 2.49. The lowest BCUT2D eigenvalue weighted by atomic mass is 9.92. The van der Waals surface area contributed by atoms with Gasteiger partial charge in [-0.2, -0.15) is 5.01 Å². The summed E-state index contributed by atoms with van der Waals surface area (Å²) in [5.74, 6) is 0.213. The molecule has 1 heterocycles. The fourth-order valence-corrected chi connectivity index (χ4v) is 3.38. The Morgan fingerprint density at radius 2 is 1.71 bits per heavy atom. The highest BCUT2D eigenvalue weighted by Crippen LogP contribution is 2.29. The Morgan fingerprint density at radius 1 is 1.11 bits per heavy atom. The van der Waals surface area contributed by atoms with Crippen molar-refractivity contribution in [3.8, 4) is 5.75 Å². The van der Waals surface area contributed by atoms with Gasteiger partial charge in [0.05, 0.1) is 7.11 Å². The number of anilines is 1. The summed E-state index contributed by atoms with van der Waals surface area (Å²) < 4.78 is 5.14. The summed E-state index contributed by atoms with van der Waals surface area (Å²) in [6.45, 7) is 5.61. The molecule has 28 heavy (non-hydrogen) atoms. The molecule has 2 aromatic carbocycles. The largest absolute Gasteiger partial charge is 0.497 e. The first kappa shape index (κ1) is 19.6. The van der Waals surface area contributed by atoms with Crippen molar-refractivity contribution in [2.24, 2.45) is 0 Å². The minimum absolute atomic E-state index is 0.146. The van der Waals surface area contributed by atoms with Crippen molar-refractivity contribution in [2.45, 2.75) is 26.3 Å². The molecular formula is C20H22N4O3S. The van der Waals surface area contributed by atoms with Crippen LogP contribution in [0.5, 0.6) is 5.75 Å². The molecule has 3 amide bonds. The van der Waals surface area contributed by atoms with E-state index in [0.717, 1.165) is 21.8 Å². The van der Waals surface area contributed by atoms with E-state index in [1.807, 2.05) is 32.0 Å². The molecule has 146 valence electrons. The van der Waals surface area contributed by atoms with Crippen molar-refractivity contribution in [1.82, 2.24) is 15.8 Å². The zero-order valence-corrected chi connectivity index (χ0v) is 16.9. The number of imide groups is 1. The van der Waals surface area contributed by atoms with Gasteiger partial charge in [0, 0.05) is 5.69 Å². The summed E-state index contributed by atoms with van der Waals surface area (Å²) in [5.41, 5.74) is 5.05. The predicted molar refractivity (Wildman–Crippen MR) is 111 cm³/mol. The summed E-state index contributed by atoms with van der Waals surface area (Å²) in [7, 11) is 1.56. The number of carbonyl (C=O) groups is 2. The van der Waals surface area contributed by atoms with Gasteiger partial charge in [-0.25, -0.2) is 4.79 Å². The Morgan fingerprint density at radius 3 is 2.29 bits per heavy atom. The molecule has 0 unspecified atom stereocenters. The molecule has 8 heteroatoms. The monoisotopic (exact) mass is 398 g/mol. The van der Waals surface area contributed by atoms with E-state index in [-0.39, 0.29) is 5.11 Å². The molecule has 3 rings (SSSR count). The second-order valence-corrected chi connectivity index (χ2v) is 7.27. The smallest absolute Gasteiger partial charge is 0.344 e. The summed E-state index contributed by atoms with van der Waals surface area (Å²) in [6.07, 6.45) is 0. The molecule has 3 N–H and O–H groups in total. The molecule has 0 spiro atoms. The van der Waals surface area contributed by atoms with E-state index in [1.54, 1.807) is 38.3 Å². The van der Waals surface area contributed by atoms with Crippen molar-refractivity contribution in [1.29, 1.82) is 0 Å². The molecule has 1 atom stereocenters. The molecule has 0 aliphatic carbocycles. The van der Waals surface area contributed by atoms with Crippen LogP contribution in [0.15, 0.2) is 42.5 Å². The molecule has 1 aliphatic heterocycles. The Bertz CT molecular complexity index is 925.